The van der Waals surface area contributed by atoms with E-state index in [-0.39, 0.29) is 6.04 Å². The Balaban J connectivity index is 2.45. The minimum absolute atomic E-state index is 0.199. The van der Waals surface area contributed by atoms with Crippen molar-refractivity contribution < 1.29 is 8.95 Å². The first kappa shape index (κ1) is 15.3. The number of aromatic nitrogens is 2. The van der Waals surface area contributed by atoms with Gasteiger partial charge >= 0.3 is 0 Å². The number of fused-ring (bicyclic) bond motifs is 1. The highest BCUT2D eigenvalue weighted by atomic mass is 35.5. The molecule has 0 aliphatic heterocycles. The Morgan fingerprint density at radius 3 is 2.85 bits per heavy atom. The Kier molecular flexibility index (Phi) is 5.05. The van der Waals surface area contributed by atoms with Gasteiger partial charge in [-0.05, 0) is 25.5 Å². The zero-order valence-corrected chi connectivity index (χ0v) is 13.5. The van der Waals surface area contributed by atoms with Crippen LogP contribution in [0.4, 0.5) is 0 Å². The first-order valence-electron chi connectivity index (χ1n) is 6.47. The summed E-state index contributed by atoms with van der Waals surface area (Å²) in [7, 11) is 0.859. The molecule has 1 aromatic heterocycles. The Morgan fingerprint density at radius 2 is 2.25 bits per heavy atom. The maximum absolute atomic E-state index is 11.3. The number of benzene rings is 1. The number of alkyl halides is 1. The lowest BCUT2D eigenvalue weighted by atomic mass is 10.2. The van der Waals surface area contributed by atoms with Crippen molar-refractivity contribution >= 4 is 33.4 Å². The maximum atomic E-state index is 11.3. The van der Waals surface area contributed by atoms with Gasteiger partial charge in [0, 0.05) is 34.9 Å². The van der Waals surface area contributed by atoms with E-state index in [4.69, 9.17) is 16.3 Å². The average Bonchev–Trinajstić information content (AvgIpc) is 2.81. The van der Waals surface area contributed by atoms with Crippen molar-refractivity contribution in [1.29, 1.82) is 0 Å². The standard InChI is InChI=1S/C14H19ClN2O2S/c1-10(6-7-20(3)18)17-13-8-11(19-2)4-5-12(13)16-14(17)9-15/h4-5,8,10H,6-7,9H2,1-3H3. The van der Waals surface area contributed by atoms with Crippen molar-refractivity contribution in [2.24, 2.45) is 0 Å². The van der Waals surface area contributed by atoms with Crippen LogP contribution in [0.5, 0.6) is 5.75 Å². The van der Waals surface area contributed by atoms with Crippen LogP contribution in [0, 0.1) is 0 Å². The van der Waals surface area contributed by atoms with Crippen LogP contribution in [0.25, 0.3) is 11.0 Å². The van der Waals surface area contributed by atoms with Crippen LogP contribution < -0.4 is 4.74 Å². The molecule has 2 unspecified atom stereocenters. The lowest BCUT2D eigenvalue weighted by molar-refractivity contribution is 0.415. The monoisotopic (exact) mass is 314 g/mol. The second kappa shape index (κ2) is 6.59. The van der Waals surface area contributed by atoms with Gasteiger partial charge in [-0.3, -0.25) is 4.21 Å². The van der Waals surface area contributed by atoms with Crippen molar-refractivity contribution in [3.8, 4) is 5.75 Å². The normalized spacial score (nSPS) is 14.4. The van der Waals surface area contributed by atoms with Crippen molar-refractivity contribution in [3.63, 3.8) is 0 Å². The molecule has 0 spiro atoms. The quantitative estimate of drug-likeness (QED) is 0.770. The topological polar surface area (TPSA) is 44.1 Å². The van der Waals surface area contributed by atoms with E-state index in [1.165, 1.54) is 0 Å². The fourth-order valence-corrected chi connectivity index (χ4v) is 3.16. The molecular weight excluding hydrogens is 296 g/mol. The number of hydrogen-bond donors (Lipinski definition) is 0. The fourth-order valence-electron chi connectivity index (χ4n) is 2.30. The van der Waals surface area contributed by atoms with Crippen LogP contribution in [0.1, 0.15) is 25.2 Å². The highest BCUT2D eigenvalue weighted by Gasteiger charge is 2.16. The molecule has 0 aliphatic carbocycles. The summed E-state index contributed by atoms with van der Waals surface area (Å²) < 4.78 is 18.7. The summed E-state index contributed by atoms with van der Waals surface area (Å²) in [6.07, 6.45) is 2.56. The van der Waals surface area contributed by atoms with E-state index in [2.05, 4.69) is 16.5 Å². The van der Waals surface area contributed by atoms with Gasteiger partial charge in [-0.1, -0.05) is 0 Å². The van der Waals surface area contributed by atoms with Gasteiger partial charge in [-0.25, -0.2) is 4.98 Å². The second-order valence-electron chi connectivity index (χ2n) is 4.80. The molecule has 6 heteroatoms. The van der Waals surface area contributed by atoms with E-state index in [0.29, 0.717) is 11.6 Å². The molecule has 0 saturated heterocycles. The Bertz CT molecular complexity index is 627. The summed E-state index contributed by atoms with van der Waals surface area (Å²) in [5.74, 6) is 2.67. The molecule has 110 valence electrons. The summed E-state index contributed by atoms with van der Waals surface area (Å²) in [5, 5.41) is 0. The SMILES string of the molecule is COc1ccc2nc(CCl)n(C(C)CCS(C)=O)c2c1. The molecule has 20 heavy (non-hydrogen) atoms. The van der Waals surface area contributed by atoms with Gasteiger partial charge in [0.05, 0.1) is 24.0 Å². The molecule has 2 aromatic rings. The number of nitrogens with zero attached hydrogens (tertiary/aromatic N) is 2. The zero-order valence-electron chi connectivity index (χ0n) is 11.9. The zero-order chi connectivity index (χ0) is 14.7. The molecule has 2 rings (SSSR count). The first-order valence-corrected chi connectivity index (χ1v) is 8.73. The fraction of sp³-hybridized carbons (Fsp3) is 0.500. The molecule has 0 saturated carbocycles. The van der Waals surface area contributed by atoms with E-state index in [0.717, 1.165) is 29.0 Å². The lowest BCUT2D eigenvalue weighted by Crippen LogP contribution is -2.11. The molecule has 0 amide bonds. The molecule has 2 atom stereocenters. The summed E-state index contributed by atoms with van der Waals surface area (Å²) >= 11 is 6.01. The summed E-state index contributed by atoms with van der Waals surface area (Å²) in [6.45, 7) is 2.10. The van der Waals surface area contributed by atoms with Gasteiger partial charge in [0.2, 0.25) is 0 Å². The van der Waals surface area contributed by atoms with Gasteiger partial charge in [0.25, 0.3) is 0 Å². The van der Waals surface area contributed by atoms with E-state index >= 15 is 0 Å². The number of halogens is 1. The minimum atomic E-state index is -0.787. The third kappa shape index (κ3) is 3.15. The molecule has 0 aliphatic rings. The molecule has 1 heterocycles. The number of rotatable bonds is 6. The van der Waals surface area contributed by atoms with E-state index in [1.807, 2.05) is 18.2 Å². The number of hydrogen-bond acceptors (Lipinski definition) is 3. The van der Waals surface area contributed by atoms with Crippen LogP contribution in [0.3, 0.4) is 0 Å². The van der Waals surface area contributed by atoms with Crippen LogP contribution in [-0.4, -0.2) is 32.9 Å². The largest absolute Gasteiger partial charge is 0.497 e. The second-order valence-corrected chi connectivity index (χ2v) is 6.62. The van der Waals surface area contributed by atoms with Crippen LogP contribution in [0.15, 0.2) is 18.2 Å². The molecular formula is C14H19ClN2O2S. The Hall–Kier alpha value is -1.07. The van der Waals surface area contributed by atoms with E-state index in [9.17, 15) is 4.21 Å². The molecule has 0 radical (unpaired) electrons. The Morgan fingerprint density at radius 1 is 1.50 bits per heavy atom. The van der Waals surface area contributed by atoms with Crippen molar-refractivity contribution in [2.45, 2.75) is 25.3 Å². The van der Waals surface area contributed by atoms with Crippen molar-refractivity contribution in [2.75, 3.05) is 19.1 Å². The summed E-state index contributed by atoms with van der Waals surface area (Å²) in [6, 6.07) is 6.00. The average molecular weight is 315 g/mol. The Labute approximate surface area is 126 Å². The third-order valence-electron chi connectivity index (χ3n) is 3.35. The number of methoxy groups -OCH3 is 1. The predicted molar refractivity (Wildman–Crippen MR) is 84.1 cm³/mol. The number of ether oxygens (including phenoxy) is 1. The van der Waals surface area contributed by atoms with Crippen LogP contribution in [-0.2, 0) is 16.7 Å². The van der Waals surface area contributed by atoms with E-state index in [1.54, 1.807) is 13.4 Å². The molecule has 0 bridgehead atoms. The van der Waals surface area contributed by atoms with Gasteiger partial charge in [0.1, 0.15) is 11.6 Å². The number of imidazole rings is 1. The minimum Gasteiger partial charge on any atom is -0.497 e. The maximum Gasteiger partial charge on any atom is 0.125 e. The van der Waals surface area contributed by atoms with Crippen molar-refractivity contribution in [3.05, 3.63) is 24.0 Å². The smallest absolute Gasteiger partial charge is 0.125 e. The first-order chi connectivity index (χ1) is 9.56. The lowest BCUT2D eigenvalue weighted by Gasteiger charge is -2.16. The third-order valence-corrected chi connectivity index (χ3v) is 4.40. The summed E-state index contributed by atoms with van der Waals surface area (Å²) in [4.78, 5) is 4.55. The van der Waals surface area contributed by atoms with Gasteiger partial charge in [-0.2, -0.15) is 0 Å². The molecule has 0 fully saturated rings. The van der Waals surface area contributed by atoms with Crippen LogP contribution in [0.2, 0.25) is 0 Å². The molecule has 1 aromatic carbocycles. The van der Waals surface area contributed by atoms with Gasteiger partial charge in [-0.15, -0.1) is 11.6 Å². The predicted octanol–water partition coefficient (Wildman–Crippen LogP) is 3.11. The highest BCUT2D eigenvalue weighted by molar-refractivity contribution is 7.84. The van der Waals surface area contributed by atoms with Crippen molar-refractivity contribution in [1.82, 2.24) is 9.55 Å². The van der Waals surface area contributed by atoms with Gasteiger partial charge in [0.15, 0.2) is 0 Å². The molecule has 0 N–H and O–H groups in total. The van der Waals surface area contributed by atoms with Gasteiger partial charge < -0.3 is 9.30 Å². The highest BCUT2D eigenvalue weighted by Crippen LogP contribution is 2.27. The molecule has 4 nitrogen and oxygen atoms in total. The van der Waals surface area contributed by atoms with Crippen LogP contribution >= 0.6 is 11.6 Å². The van der Waals surface area contributed by atoms with E-state index < -0.39 is 10.8 Å². The summed E-state index contributed by atoms with van der Waals surface area (Å²) in [5.41, 5.74) is 1.92.